The third-order valence-corrected chi connectivity index (χ3v) is 5.07. The second kappa shape index (κ2) is 7.72. The molecular weight excluding hydrogens is 290 g/mol. The second-order valence-corrected chi connectivity index (χ2v) is 6.96. The fourth-order valence-corrected chi connectivity index (χ4v) is 3.44. The Hall–Kier alpha value is -1.18. The highest BCUT2D eigenvalue weighted by molar-refractivity contribution is 7.89. The first kappa shape index (κ1) is 16.2. The van der Waals surface area contributed by atoms with E-state index in [2.05, 4.69) is 14.6 Å². The number of ether oxygens (including phenoxy) is 1. The third-order valence-electron chi connectivity index (χ3n) is 3.62. The summed E-state index contributed by atoms with van der Waals surface area (Å²) in [4.78, 5) is 6.48. The Balaban J connectivity index is 1.77. The summed E-state index contributed by atoms with van der Waals surface area (Å²) < 4.78 is 31.7. The van der Waals surface area contributed by atoms with Crippen LogP contribution in [0.4, 0.5) is 0 Å². The molecule has 1 aliphatic rings. The summed E-state index contributed by atoms with van der Waals surface area (Å²) >= 11 is 0. The van der Waals surface area contributed by atoms with Crippen molar-refractivity contribution in [1.29, 1.82) is 0 Å². The molecule has 2 heterocycles. The van der Waals surface area contributed by atoms with Gasteiger partial charge in [0.1, 0.15) is 4.90 Å². The Labute approximate surface area is 126 Å². The molecule has 0 atom stereocenters. The number of sulfonamides is 1. The number of aromatic nitrogens is 1. The minimum Gasteiger partial charge on any atom is -0.481 e. The molecule has 0 unspecified atom stereocenters. The predicted octanol–water partition coefficient (Wildman–Crippen LogP) is 1.24. The number of methoxy groups -OCH3 is 1. The van der Waals surface area contributed by atoms with Gasteiger partial charge < -0.3 is 9.64 Å². The molecule has 0 aromatic carbocycles. The van der Waals surface area contributed by atoms with E-state index in [9.17, 15) is 8.42 Å². The van der Waals surface area contributed by atoms with Crippen LogP contribution >= 0.6 is 0 Å². The molecule has 6 nitrogen and oxygen atoms in total. The first-order valence-corrected chi connectivity index (χ1v) is 8.82. The van der Waals surface area contributed by atoms with Crippen LogP contribution in [0.1, 0.15) is 25.7 Å². The van der Waals surface area contributed by atoms with Crippen molar-refractivity contribution in [2.45, 2.75) is 30.6 Å². The zero-order valence-corrected chi connectivity index (χ0v) is 13.2. The van der Waals surface area contributed by atoms with Crippen molar-refractivity contribution in [3.05, 3.63) is 18.3 Å². The Bertz CT molecular complexity index is 525. The molecule has 0 amide bonds. The highest BCUT2D eigenvalue weighted by Gasteiger charge is 2.14. The predicted molar refractivity (Wildman–Crippen MR) is 80.9 cm³/mol. The maximum Gasteiger partial charge on any atom is 0.242 e. The number of hydrogen-bond acceptors (Lipinski definition) is 5. The molecule has 2 rings (SSSR count). The van der Waals surface area contributed by atoms with Crippen LogP contribution in [0.3, 0.4) is 0 Å². The first-order valence-electron chi connectivity index (χ1n) is 7.34. The van der Waals surface area contributed by atoms with Gasteiger partial charge in [0.05, 0.1) is 13.3 Å². The second-order valence-electron chi connectivity index (χ2n) is 5.19. The summed E-state index contributed by atoms with van der Waals surface area (Å²) in [6, 6.07) is 3.04. The normalized spacial score (nSPS) is 16.8. The lowest BCUT2D eigenvalue weighted by Crippen LogP contribution is -2.33. The van der Waals surface area contributed by atoms with Crippen molar-refractivity contribution in [2.24, 2.45) is 0 Å². The number of rotatable bonds is 7. The molecule has 0 aliphatic carbocycles. The topological polar surface area (TPSA) is 71.5 Å². The molecule has 1 N–H and O–H groups in total. The minimum absolute atomic E-state index is 0.168. The molecule has 0 saturated carbocycles. The first-order chi connectivity index (χ1) is 10.1. The average Bonchev–Trinajstić information content (AvgIpc) is 2.53. The van der Waals surface area contributed by atoms with E-state index < -0.39 is 10.0 Å². The maximum atomic E-state index is 12.1. The third kappa shape index (κ3) is 4.94. The van der Waals surface area contributed by atoms with Crippen LogP contribution in [0.2, 0.25) is 0 Å². The highest BCUT2D eigenvalue weighted by Crippen LogP contribution is 2.12. The lowest BCUT2D eigenvalue weighted by molar-refractivity contribution is 0.227. The molecule has 21 heavy (non-hydrogen) atoms. The van der Waals surface area contributed by atoms with Gasteiger partial charge in [0.2, 0.25) is 15.9 Å². The van der Waals surface area contributed by atoms with E-state index in [1.54, 1.807) is 6.07 Å². The molecule has 1 saturated heterocycles. The van der Waals surface area contributed by atoms with Crippen LogP contribution in [0.15, 0.2) is 23.2 Å². The van der Waals surface area contributed by atoms with Gasteiger partial charge in [0.15, 0.2) is 0 Å². The van der Waals surface area contributed by atoms with Crippen molar-refractivity contribution in [3.63, 3.8) is 0 Å². The SMILES string of the molecule is COc1ccc(S(=O)(=O)NCCCN2CCCCC2)cn1. The van der Waals surface area contributed by atoms with Crippen LogP contribution in [-0.4, -0.2) is 51.6 Å². The largest absolute Gasteiger partial charge is 0.481 e. The number of pyridine rings is 1. The maximum absolute atomic E-state index is 12.1. The van der Waals surface area contributed by atoms with E-state index in [0.717, 1.165) is 26.1 Å². The van der Waals surface area contributed by atoms with Gasteiger partial charge in [-0.2, -0.15) is 0 Å². The number of likely N-dealkylation sites (tertiary alicyclic amines) is 1. The van der Waals surface area contributed by atoms with E-state index in [1.807, 2.05) is 0 Å². The van der Waals surface area contributed by atoms with Crippen LogP contribution < -0.4 is 9.46 Å². The molecular formula is C14H23N3O3S. The van der Waals surface area contributed by atoms with Gasteiger partial charge in [0.25, 0.3) is 0 Å². The molecule has 118 valence electrons. The lowest BCUT2D eigenvalue weighted by atomic mass is 10.1. The van der Waals surface area contributed by atoms with Crippen molar-refractivity contribution >= 4 is 10.0 Å². The van der Waals surface area contributed by atoms with Crippen molar-refractivity contribution < 1.29 is 13.2 Å². The summed E-state index contributed by atoms with van der Waals surface area (Å²) in [6.07, 6.45) is 5.95. The monoisotopic (exact) mass is 313 g/mol. The average molecular weight is 313 g/mol. The van der Waals surface area contributed by atoms with Crippen molar-refractivity contribution in [1.82, 2.24) is 14.6 Å². The van der Waals surface area contributed by atoms with Crippen LogP contribution in [0, 0.1) is 0 Å². The lowest BCUT2D eigenvalue weighted by Gasteiger charge is -2.26. The van der Waals surface area contributed by atoms with Crippen LogP contribution in [-0.2, 0) is 10.0 Å². The van der Waals surface area contributed by atoms with E-state index in [0.29, 0.717) is 12.4 Å². The van der Waals surface area contributed by atoms with Gasteiger partial charge in [-0.25, -0.2) is 18.1 Å². The van der Waals surface area contributed by atoms with Crippen molar-refractivity contribution in [3.8, 4) is 5.88 Å². The zero-order valence-electron chi connectivity index (χ0n) is 12.4. The summed E-state index contributed by atoms with van der Waals surface area (Å²) in [5.74, 6) is 0.402. The standard InChI is InChI=1S/C14H23N3O3S/c1-20-14-7-6-13(12-15-14)21(18,19)16-8-5-11-17-9-3-2-4-10-17/h6-7,12,16H,2-5,8-11H2,1H3. The Morgan fingerprint density at radius 2 is 2.05 bits per heavy atom. The zero-order chi connectivity index (χ0) is 15.1. The summed E-state index contributed by atoms with van der Waals surface area (Å²) in [5, 5.41) is 0. The van der Waals surface area contributed by atoms with E-state index in [-0.39, 0.29) is 4.90 Å². The number of piperidine rings is 1. The minimum atomic E-state index is -3.47. The number of nitrogens with one attached hydrogen (secondary N) is 1. The molecule has 0 bridgehead atoms. The summed E-state index contributed by atoms with van der Waals surface area (Å²) in [7, 11) is -1.98. The highest BCUT2D eigenvalue weighted by atomic mass is 32.2. The van der Waals surface area contributed by atoms with Crippen LogP contribution in [0.25, 0.3) is 0 Å². The Morgan fingerprint density at radius 1 is 1.29 bits per heavy atom. The molecule has 1 aromatic heterocycles. The van der Waals surface area contributed by atoms with E-state index in [4.69, 9.17) is 4.74 Å². The quantitative estimate of drug-likeness (QED) is 0.767. The van der Waals surface area contributed by atoms with E-state index in [1.165, 1.54) is 38.6 Å². The van der Waals surface area contributed by atoms with Gasteiger partial charge in [-0.05, 0) is 45.0 Å². The van der Waals surface area contributed by atoms with Gasteiger partial charge in [-0.1, -0.05) is 6.42 Å². The van der Waals surface area contributed by atoms with Gasteiger partial charge >= 0.3 is 0 Å². The van der Waals surface area contributed by atoms with Gasteiger partial charge in [-0.15, -0.1) is 0 Å². The molecule has 7 heteroatoms. The molecule has 1 aromatic rings. The number of nitrogens with zero attached hydrogens (tertiary/aromatic N) is 2. The fourth-order valence-electron chi connectivity index (χ4n) is 2.42. The van der Waals surface area contributed by atoms with Crippen molar-refractivity contribution in [2.75, 3.05) is 33.3 Å². The Kier molecular flexibility index (Phi) is 5.96. The van der Waals surface area contributed by atoms with Gasteiger partial charge in [-0.3, -0.25) is 0 Å². The van der Waals surface area contributed by atoms with E-state index >= 15 is 0 Å². The van der Waals surface area contributed by atoms with Gasteiger partial charge in [0, 0.05) is 12.6 Å². The molecule has 1 aliphatic heterocycles. The summed E-state index contributed by atoms with van der Waals surface area (Å²) in [5.41, 5.74) is 0. The molecule has 1 fully saturated rings. The Morgan fingerprint density at radius 3 is 2.67 bits per heavy atom. The molecule has 0 radical (unpaired) electrons. The molecule has 0 spiro atoms. The fraction of sp³-hybridized carbons (Fsp3) is 0.643. The summed E-state index contributed by atoms with van der Waals surface area (Å²) in [6.45, 7) is 3.67. The smallest absolute Gasteiger partial charge is 0.242 e. The number of hydrogen-bond donors (Lipinski definition) is 1. The van der Waals surface area contributed by atoms with Crippen LogP contribution in [0.5, 0.6) is 5.88 Å².